The van der Waals surface area contributed by atoms with Gasteiger partial charge in [-0.3, -0.25) is 0 Å². The lowest BCUT2D eigenvalue weighted by atomic mass is 10.4. The molecule has 0 bridgehead atoms. The average molecular weight is 256 g/mol. The third-order valence-corrected chi connectivity index (χ3v) is 4.41. The van der Waals surface area contributed by atoms with Gasteiger partial charge in [-0.15, -0.1) is 5.10 Å². The van der Waals surface area contributed by atoms with Crippen LogP contribution in [0.15, 0.2) is 40.3 Å². The summed E-state index contributed by atoms with van der Waals surface area (Å²) in [5.74, 6) is 0. The highest BCUT2D eigenvalue weighted by Gasteiger charge is 2.25. The Kier molecular flexibility index (Phi) is 2.88. The molecule has 0 N–H and O–H groups in total. The highest BCUT2D eigenvalue weighted by molar-refractivity contribution is 7.91. The van der Waals surface area contributed by atoms with Crippen LogP contribution in [-0.4, -0.2) is 25.1 Å². The first-order chi connectivity index (χ1) is 7.66. The average Bonchev–Trinajstić information content (AvgIpc) is 2.79. The van der Waals surface area contributed by atoms with Gasteiger partial charge in [0.1, 0.15) is 0 Å². The van der Waals surface area contributed by atoms with Crippen molar-refractivity contribution in [3.63, 3.8) is 0 Å². The Bertz CT molecular complexity index is 578. The molecule has 0 fully saturated rings. The molecule has 0 saturated carbocycles. The van der Waals surface area contributed by atoms with Gasteiger partial charge in [-0.1, -0.05) is 22.7 Å². The van der Waals surface area contributed by atoms with Crippen molar-refractivity contribution in [1.82, 2.24) is 9.59 Å². The summed E-state index contributed by atoms with van der Waals surface area (Å²) in [5, 5.41) is 3.66. The molecule has 0 spiro atoms. The maximum atomic E-state index is 12.1. The minimum Gasteiger partial charge on any atom is -0.484 e. The summed E-state index contributed by atoms with van der Waals surface area (Å²) in [6, 6.07) is 8.07. The summed E-state index contributed by atoms with van der Waals surface area (Å²) in [7, 11) is -2.24. The second-order valence-corrected chi connectivity index (χ2v) is 5.47. The van der Waals surface area contributed by atoms with E-state index in [1.165, 1.54) is 19.2 Å². The van der Waals surface area contributed by atoms with Gasteiger partial charge in [0.15, 0.2) is 0 Å². The Morgan fingerprint density at radius 3 is 2.56 bits per heavy atom. The number of rotatable bonds is 3. The minimum absolute atomic E-state index is 0.133. The zero-order valence-corrected chi connectivity index (χ0v) is 9.96. The van der Waals surface area contributed by atoms with Crippen molar-refractivity contribution >= 4 is 21.4 Å². The lowest BCUT2D eigenvalue weighted by Gasteiger charge is -2.01. The molecular formula is C9H8N2O3S2. The van der Waals surface area contributed by atoms with E-state index in [4.69, 9.17) is 4.74 Å². The lowest BCUT2D eigenvalue weighted by Crippen LogP contribution is -2.03. The first kappa shape index (κ1) is 11.0. The fraction of sp³-hybridized carbons (Fsp3) is 0.111. The highest BCUT2D eigenvalue weighted by Crippen LogP contribution is 2.29. The molecule has 84 valence electrons. The predicted molar refractivity (Wildman–Crippen MR) is 58.4 cm³/mol. The summed E-state index contributed by atoms with van der Waals surface area (Å²) < 4.78 is 32.7. The van der Waals surface area contributed by atoms with Gasteiger partial charge in [0.05, 0.1) is 12.0 Å². The molecule has 0 radical (unpaired) electrons. The number of benzene rings is 1. The molecule has 0 aliphatic carbocycles. The maximum absolute atomic E-state index is 12.1. The molecule has 0 saturated heterocycles. The van der Waals surface area contributed by atoms with E-state index in [0.717, 1.165) is 11.5 Å². The van der Waals surface area contributed by atoms with E-state index in [0.29, 0.717) is 0 Å². The van der Waals surface area contributed by atoms with E-state index in [1.807, 2.05) is 0 Å². The van der Waals surface area contributed by atoms with E-state index in [-0.39, 0.29) is 15.0 Å². The first-order valence-electron chi connectivity index (χ1n) is 4.32. The Labute approximate surface area is 96.8 Å². The number of hydrogen-bond acceptors (Lipinski definition) is 6. The fourth-order valence-electron chi connectivity index (χ4n) is 1.17. The maximum Gasteiger partial charge on any atom is 0.237 e. The number of methoxy groups -OCH3 is 1. The molecule has 7 heteroatoms. The Balaban J connectivity index is 2.56. The molecule has 0 aliphatic rings. The number of hydrogen-bond donors (Lipinski definition) is 0. The summed E-state index contributed by atoms with van der Waals surface area (Å²) in [6.45, 7) is 0. The molecule has 1 aromatic carbocycles. The van der Waals surface area contributed by atoms with Crippen LogP contribution in [0.25, 0.3) is 0 Å². The van der Waals surface area contributed by atoms with E-state index in [1.54, 1.807) is 18.2 Å². The molecule has 0 amide bonds. The van der Waals surface area contributed by atoms with Gasteiger partial charge in [-0.25, -0.2) is 8.42 Å². The fourth-order valence-corrected chi connectivity index (χ4v) is 3.25. The summed E-state index contributed by atoms with van der Waals surface area (Å²) in [4.78, 5) is 0.181. The molecule has 1 aromatic heterocycles. The van der Waals surface area contributed by atoms with Crippen molar-refractivity contribution in [3.05, 3.63) is 30.3 Å². The third kappa shape index (κ3) is 1.79. The van der Waals surface area contributed by atoms with Crippen LogP contribution in [0.3, 0.4) is 0 Å². The van der Waals surface area contributed by atoms with Gasteiger partial charge in [-0.2, -0.15) is 0 Å². The topological polar surface area (TPSA) is 69.2 Å². The first-order valence-corrected chi connectivity index (χ1v) is 6.58. The van der Waals surface area contributed by atoms with E-state index < -0.39 is 9.84 Å². The van der Waals surface area contributed by atoms with Crippen molar-refractivity contribution in [2.24, 2.45) is 0 Å². The Morgan fingerprint density at radius 1 is 1.25 bits per heavy atom. The summed E-state index contributed by atoms with van der Waals surface area (Å²) in [5.41, 5.74) is 0. The highest BCUT2D eigenvalue weighted by atomic mass is 32.2. The van der Waals surface area contributed by atoms with E-state index >= 15 is 0 Å². The quantitative estimate of drug-likeness (QED) is 0.829. The summed E-state index contributed by atoms with van der Waals surface area (Å²) in [6.07, 6.45) is 0. The molecule has 5 nitrogen and oxygen atoms in total. The minimum atomic E-state index is -3.63. The number of sulfone groups is 1. The van der Waals surface area contributed by atoms with E-state index in [2.05, 4.69) is 9.59 Å². The number of aromatic nitrogens is 2. The van der Waals surface area contributed by atoms with Crippen LogP contribution in [0.4, 0.5) is 0 Å². The van der Waals surface area contributed by atoms with Crippen molar-refractivity contribution in [2.45, 2.75) is 9.92 Å². The SMILES string of the molecule is COc1snnc1S(=O)(=O)c1ccccc1. The molecule has 2 aromatic rings. The molecule has 2 rings (SSSR count). The second kappa shape index (κ2) is 4.18. The van der Waals surface area contributed by atoms with Gasteiger partial charge in [0, 0.05) is 11.5 Å². The van der Waals surface area contributed by atoms with Crippen LogP contribution in [0.1, 0.15) is 0 Å². The van der Waals surface area contributed by atoms with Crippen LogP contribution < -0.4 is 4.74 Å². The van der Waals surface area contributed by atoms with Crippen LogP contribution >= 0.6 is 11.5 Å². The standard InChI is InChI=1S/C9H8N2O3S2/c1-14-9-8(10-11-15-9)16(12,13)7-5-3-2-4-6-7/h2-6H,1H3. The molecule has 0 aliphatic heterocycles. The molecule has 16 heavy (non-hydrogen) atoms. The van der Waals surface area contributed by atoms with Crippen LogP contribution in [0, 0.1) is 0 Å². The monoisotopic (exact) mass is 256 g/mol. The molecule has 0 atom stereocenters. The van der Waals surface area contributed by atoms with Crippen molar-refractivity contribution in [2.75, 3.05) is 7.11 Å². The van der Waals surface area contributed by atoms with Crippen molar-refractivity contribution in [1.29, 1.82) is 0 Å². The number of ether oxygens (including phenoxy) is 1. The second-order valence-electron chi connectivity index (χ2n) is 2.89. The van der Waals surface area contributed by atoms with Crippen LogP contribution in [0.5, 0.6) is 5.06 Å². The van der Waals surface area contributed by atoms with Gasteiger partial charge in [0.2, 0.25) is 19.9 Å². The number of nitrogens with zero attached hydrogens (tertiary/aromatic N) is 2. The lowest BCUT2D eigenvalue weighted by molar-refractivity contribution is 0.412. The largest absolute Gasteiger partial charge is 0.484 e. The molecular weight excluding hydrogens is 248 g/mol. The smallest absolute Gasteiger partial charge is 0.237 e. The summed E-state index contributed by atoms with van der Waals surface area (Å²) >= 11 is 0.909. The van der Waals surface area contributed by atoms with Gasteiger partial charge < -0.3 is 4.74 Å². The van der Waals surface area contributed by atoms with Crippen molar-refractivity contribution in [3.8, 4) is 5.06 Å². The molecule has 1 heterocycles. The van der Waals surface area contributed by atoms with Crippen LogP contribution in [-0.2, 0) is 9.84 Å². The van der Waals surface area contributed by atoms with Crippen LogP contribution in [0.2, 0.25) is 0 Å². The third-order valence-electron chi connectivity index (χ3n) is 1.92. The van der Waals surface area contributed by atoms with Gasteiger partial charge in [0.25, 0.3) is 0 Å². The van der Waals surface area contributed by atoms with Gasteiger partial charge in [-0.05, 0) is 12.1 Å². The molecule has 0 unspecified atom stereocenters. The van der Waals surface area contributed by atoms with E-state index in [9.17, 15) is 8.42 Å². The van der Waals surface area contributed by atoms with Gasteiger partial charge >= 0.3 is 0 Å². The zero-order valence-electron chi connectivity index (χ0n) is 8.32. The Hall–Kier alpha value is -1.47. The zero-order chi connectivity index (χ0) is 11.6. The Morgan fingerprint density at radius 2 is 1.94 bits per heavy atom. The van der Waals surface area contributed by atoms with Crippen molar-refractivity contribution < 1.29 is 13.2 Å². The predicted octanol–water partition coefficient (Wildman–Crippen LogP) is 1.38. The normalized spacial score (nSPS) is 11.3.